The number of hydrogen-bond donors (Lipinski definition) is 1. The maximum Gasteiger partial charge on any atom is 0.417 e. The van der Waals surface area contributed by atoms with Gasteiger partial charge in [-0.25, -0.2) is 9.97 Å². The van der Waals surface area contributed by atoms with E-state index in [1.807, 2.05) is 4.90 Å². The molecular formula is C23H23F3N6O2. The molecule has 0 aliphatic carbocycles. The minimum absolute atomic E-state index is 0.170. The number of nitrogens with one attached hydrogen (secondary N) is 1. The Morgan fingerprint density at radius 3 is 2.50 bits per heavy atom. The fourth-order valence-electron chi connectivity index (χ4n) is 3.67. The highest BCUT2D eigenvalue weighted by atomic mass is 19.4. The summed E-state index contributed by atoms with van der Waals surface area (Å²) < 4.78 is 40.0. The van der Waals surface area contributed by atoms with E-state index < -0.39 is 11.7 Å². The predicted molar refractivity (Wildman–Crippen MR) is 119 cm³/mol. The Morgan fingerprint density at radius 2 is 1.85 bits per heavy atom. The van der Waals surface area contributed by atoms with Gasteiger partial charge in [-0.3, -0.25) is 9.59 Å². The fraction of sp³-hybridized carbons (Fsp3) is 0.304. The SMILES string of the molecule is O=C(CCn1ccnc1)Nc1cccc(C(=O)N2CCN(c3ccc(C(F)(F)F)cn3)CC2)c1. The number of aryl methyl sites for hydroxylation is 1. The lowest BCUT2D eigenvalue weighted by Gasteiger charge is -2.35. The van der Waals surface area contributed by atoms with Gasteiger partial charge >= 0.3 is 6.18 Å². The van der Waals surface area contributed by atoms with E-state index in [-0.39, 0.29) is 18.2 Å². The van der Waals surface area contributed by atoms with Crippen LogP contribution < -0.4 is 10.2 Å². The van der Waals surface area contributed by atoms with Crippen LogP contribution in [0.25, 0.3) is 0 Å². The first kappa shape index (κ1) is 23.3. The first-order valence-corrected chi connectivity index (χ1v) is 10.7. The first-order valence-electron chi connectivity index (χ1n) is 10.7. The summed E-state index contributed by atoms with van der Waals surface area (Å²) in [7, 11) is 0. The molecule has 1 N–H and O–H groups in total. The highest BCUT2D eigenvalue weighted by molar-refractivity contribution is 5.97. The number of hydrogen-bond acceptors (Lipinski definition) is 5. The number of amides is 2. The number of pyridine rings is 1. The van der Waals surface area contributed by atoms with E-state index in [4.69, 9.17) is 0 Å². The normalized spacial score (nSPS) is 14.2. The molecule has 11 heteroatoms. The third kappa shape index (κ3) is 5.72. The lowest BCUT2D eigenvalue weighted by Crippen LogP contribution is -2.49. The summed E-state index contributed by atoms with van der Waals surface area (Å²) in [4.78, 5) is 36.6. The average molecular weight is 472 g/mol. The van der Waals surface area contributed by atoms with Crippen molar-refractivity contribution >= 4 is 23.3 Å². The van der Waals surface area contributed by atoms with Crippen LogP contribution in [0.2, 0.25) is 0 Å². The van der Waals surface area contributed by atoms with Crippen LogP contribution in [0.5, 0.6) is 0 Å². The average Bonchev–Trinajstić information content (AvgIpc) is 3.36. The standard InChI is InChI=1S/C23H23F3N6O2/c24-23(25,26)18-4-5-20(28-15-18)31-10-12-32(13-11-31)22(34)17-2-1-3-19(14-17)29-21(33)6-8-30-9-7-27-16-30/h1-5,7,9,14-16H,6,8,10-13H2,(H,29,33). The van der Waals surface area contributed by atoms with Crippen molar-refractivity contribution < 1.29 is 22.8 Å². The molecule has 0 bridgehead atoms. The van der Waals surface area contributed by atoms with Gasteiger partial charge in [-0.05, 0) is 30.3 Å². The van der Waals surface area contributed by atoms with Crippen LogP contribution in [0.4, 0.5) is 24.7 Å². The second kappa shape index (κ2) is 9.94. The van der Waals surface area contributed by atoms with Gasteiger partial charge in [-0.2, -0.15) is 13.2 Å². The third-order valence-corrected chi connectivity index (χ3v) is 5.52. The van der Waals surface area contributed by atoms with Crippen molar-refractivity contribution in [3.63, 3.8) is 0 Å². The maximum atomic E-state index is 13.0. The molecule has 1 aliphatic rings. The molecule has 0 radical (unpaired) electrons. The van der Waals surface area contributed by atoms with E-state index in [0.717, 1.165) is 12.3 Å². The summed E-state index contributed by atoms with van der Waals surface area (Å²) in [5.41, 5.74) is 0.196. The number of carbonyl (C=O) groups excluding carboxylic acids is 2. The van der Waals surface area contributed by atoms with Crippen LogP contribution in [-0.4, -0.2) is 57.4 Å². The Bertz CT molecular complexity index is 1120. The molecule has 3 aromatic rings. The Balaban J connectivity index is 1.31. The molecule has 2 aromatic heterocycles. The molecule has 178 valence electrons. The second-order valence-corrected chi connectivity index (χ2v) is 7.86. The fourth-order valence-corrected chi connectivity index (χ4v) is 3.67. The van der Waals surface area contributed by atoms with Crippen LogP contribution >= 0.6 is 0 Å². The van der Waals surface area contributed by atoms with Crippen LogP contribution in [0, 0.1) is 0 Å². The first-order chi connectivity index (χ1) is 16.3. The summed E-state index contributed by atoms with van der Waals surface area (Å²) in [6, 6.07) is 9.12. The molecule has 2 amide bonds. The van der Waals surface area contributed by atoms with Crippen molar-refractivity contribution in [1.82, 2.24) is 19.4 Å². The van der Waals surface area contributed by atoms with Crippen molar-refractivity contribution in [1.29, 1.82) is 0 Å². The van der Waals surface area contributed by atoms with Gasteiger partial charge in [-0.1, -0.05) is 6.07 Å². The van der Waals surface area contributed by atoms with Gasteiger partial charge in [0, 0.05) is 69.0 Å². The Labute approximate surface area is 194 Å². The van der Waals surface area contributed by atoms with Crippen molar-refractivity contribution in [2.45, 2.75) is 19.1 Å². The quantitative estimate of drug-likeness (QED) is 0.595. The van der Waals surface area contributed by atoms with Gasteiger partial charge in [0.15, 0.2) is 0 Å². The van der Waals surface area contributed by atoms with Crippen LogP contribution in [0.1, 0.15) is 22.3 Å². The zero-order chi connectivity index (χ0) is 24.1. The highest BCUT2D eigenvalue weighted by Crippen LogP contribution is 2.29. The second-order valence-electron chi connectivity index (χ2n) is 7.86. The smallest absolute Gasteiger partial charge is 0.353 e. The molecule has 0 spiro atoms. The van der Waals surface area contributed by atoms with Crippen LogP contribution in [0.15, 0.2) is 61.3 Å². The van der Waals surface area contributed by atoms with Crippen molar-refractivity contribution in [3.8, 4) is 0 Å². The number of imidazole rings is 1. The Hall–Kier alpha value is -3.89. The molecular weight excluding hydrogens is 449 g/mol. The van der Waals surface area contributed by atoms with Gasteiger partial charge in [0.1, 0.15) is 5.82 Å². The third-order valence-electron chi connectivity index (χ3n) is 5.52. The molecule has 1 aromatic carbocycles. The summed E-state index contributed by atoms with van der Waals surface area (Å²) >= 11 is 0. The lowest BCUT2D eigenvalue weighted by atomic mass is 10.1. The molecule has 0 unspecified atom stereocenters. The van der Waals surface area contributed by atoms with E-state index in [1.54, 1.807) is 52.5 Å². The molecule has 0 saturated carbocycles. The number of benzene rings is 1. The maximum absolute atomic E-state index is 13.0. The van der Waals surface area contributed by atoms with Crippen LogP contribution in [0.3, 0.4) is 0 Å². The Kier molecular flexibility index (Phi) is 6.80. The molecule has 1 fully saturated rings. The highest BCUT2D eigenvalue weighted by Gasteiger charge is 2.31. The van der Waals surface area contributed by atoms with Crippen molar-refractivity contribution in [2.75, 3.05) is 36.4 Å². The Morgan fingerprint density at radius 1 is 1.06 bits per heavy atom. The zero-order valence-corrected chi connectivity index (χ0v) is 18.2. The monoisotopic (exact) mass is 472 g/mol. The summed E-state index contributed by atoms with van der Waals surface area (Å²) in [6.45, 7) is 2.22. The van der Waals surface area contributed by atoms with E-state index in [9.17, 15) is 22.8 Å². The van der Waals surface area contributed by atoms with Gasteiger partial charge in [0.25, 0.3) is 5.91 Å². The minimum Gasteiger partial charge on any atom is -0.353 e. The van der Waals surface area contributed by atoms with Gasteiger partial charge < -0.3 is 19.7 Å². The molecule has 0 atom stereocenters. The molecule has 1 aliphatic heterocycles. The van der Waals surface area contributed by atoms with E-state index in [1.165, 1.54) is 6.07 Å². The van der Waals surface area contributed by atoms with Gasteiger partial charge in [-0.15, -0.1) is 0 Å². The van der Waals surface area contributed by atoms with E-state index in [0.29, 0.717) is 49.8 Å². The number of rotatable bonds is 6. The van der Waals surface area contributed by atoms with E-state index in [2.05, 4.69) is 15.3 Å². The van der Waals surface area contributed by atoms with E-state index >= 15 is 0 Å². The van der Waals surface area contributed by atoms with Crippen LogP contribution in [-0.2, 0) is 17.5 Å². The van der Waals surface area contributed by atoms with Crippen molar-refractivity contribution in [3.05, 3.63) is 72.4 Å². The number of nitrogens with zero attached hydrogens (tertiary/aromatic N) is 5. The number of piperazine rings is 1. The number of anilines is 2. The minimum atomic E-state index is -4.43. The molecule has 34 heavy (non-hydrogen) atoms. The summed E-state index contributed by atoms with van der Waals surface area (Å²) in [6.07, 6.45) is 1.73. The predicted octanol–water partition coefficient (Wildman–Crippen LogP) is 3.29. The molecule has 1 saturated heterocycles. The topological polar surface area (TPSA) is 83.4 Å². The summed E-state index contributed by atoms with van der Waals surface area (Å²) in [5.74, 6) is 0.103. The number of aromatic nitrogens is 3. The van der Waals surface area contributed by atoms with Crippen molar-refractivity contribution in [2.24, 2.45) is 0 Å². The largest absolute Gasteiger partial charge is 0.417 e. The lowest BCUT2D eigenvalue weighted by molar-refractivity contribution is -0.137. The zero-order valence-electron chi connectivity index (χ0n) is 18.2. The number of alkyl halides is 3. The summed E-state index contributed by atoms with van der Waals surface area (Å²) in [5, 5.41) is 2.81. The van der Waals surface area contributed by atoms with Gasteiger partial charge in [0.2, 0.25) is 5.91 Å². The molecule has 8 nitrogen and oxygen atoms in total. The number of halogens is 3. The van der Waals surface area contributed by atoms with Gasteiger partial charge in [0.05, 0.1) is 11.9 Å². The molecule has 4 rings (SSSR count). The molecule has 3 heterocycles. The number of carbonyl (C=O) groups is 2.